The average molecular weight is 1060 g/mol. The van der Waals surface area contributed by atoms with E-state index in [0.29, 0.717) is 83.9 Å². The van der Waals surface area contributed by atoms with Crippen molar-refractivity contribution in [3.63, 3.8) is 0 Å². The molecule has 416 valence electrons. The number of carbonyl (C=O) groups is 4. The molecule has 0 spiro atoms. The molecule has 4 fully saturated rings. The summed E-state index contributed by atoms with van der Waals surface area (Å²) in [5, 5.41) is 12.6. The Labute approximate surface area is 431 Å². The molecule has 3 atom stereocenters. The SMILES string of the molecule is CCn1nccc1C(=O)N[C@H](C(=O)Nc1ccc([C@H](C)[C@@H](NC(=O)N(C)C2CC2)C(=O)N2CCC(OCCOCCOCCOCCOCCOCCOCCOC)(C(F)(F)F)CC2)cc1F)C(C1CC1)C1CC1. The van der Waals surface area contributed by atoms with Gasteiger partial charge in [0.2, 0.25) is 11.8 Å². The van der Waals surface area contributed by atoms with Gasteiger partial charge in [0.25, 0.3) is 5.91 Å². The number of alkyl halides is 3. The first kappa shape index (κ1) is 58.8. The Balaban J connectivity index is 0.966. The van der Waals surface area contributed by atoms with Gasteiger partial charge < -0.3 is 63.6 Å². The van der Waals surface area contributed by atoms with Gasteiger partial charge in [0.1, 0.15) is 23.6 Å². The minimum Gasteiger partial charge on any atom is -0.382 e. The Kier molecular flexibility index (Phi) is 23.1. The molecule has 2 aromatic rings. The minimum absolute atomic E-state index is 0.0179. The molecule has 0 unspecified atom stereocenters. The van der Waals surface area contributed by atoms with Gasteiger partial charge in [-0.15, -0.1) is 0 Å². The first-order valence-electron chi connectivity index (χ1n) is 26.1. The molecule has 4 aliphatic rings. The van der Waals surface area contributed by atoms with Gasteiger partial charge in [-0.2, -0.15) is 18.3 Å². The molecule has 2 heterocycles. The van der Waals surface area contributed by atoms with Crippen LogP contribution in [-0.4, -0.2) is 193 Å². The number of halogens is 4. The fraction of sp³-hybridized carbons (Fsp3) is 0.745. The number of hydrogen-bond donors (Lipinski definition) is 3. The van der Waals surface area contributed by atoms with Crippen LogP contribution in [0.2, 0.25) is 0 Å². The predicted octanol–water partition coefficient (Wildman–Crippen LogP) is 5.18. The smallest absolute Gasteiger partial charge is 0.382 e. The number of carbonyl (C=O) groups excluding carboxylic acids is 4. The molecule has 1 saturated heterocycles. The van der Waals surface area contributed by atoms with E-state index in [9.17, 15) is 32.3 Å². The lowest BCUT2D eigenvalue weighted by Gasteiger charge is -2.43. The Morgan fingerprint density at radius 3 is 1.76 bits per heavy atom. The number of nitrogens with zero attached hydrogens (tertiary/aromatic N) is 4. The van der Waals surface area contributed by atoms with Crippen LogP contribution in [0, 0.1) is 23.6 Å². The molecule has 1 aromatic heterocycles. The van der Waals surface area contributed by atoms with E-state index in [1.807, 2.05) is 6.92 Å². The quantitative estimate of drug-likeness (QED) is 0.0603. The zero-order chi connectivity index (χ0) is 53.1. The summed E-state index contributed by atoms with van der Waals surface area (Å²) in [6, 6.07) is 2.89. The molecular weight excluding hydrogens is 979 g/mol. The molecule has 0 radical (unpaired) electrons. The fourth-order valence-electron chi connectivity index (χ4n) is 9.24. The lowest BCUT2D eigenvalue weighted by Crippen LogP contribution is -2.60. The minimum atomic E-state index is -4.76. The van der Waals surface area contributed by atoms with Gasteiger partial charge in [-0.3, -0.25) is 19.1 Å². The molecule has 6 rings (SSSR count). The zero-order valence-corrected chi connectivity index (χ0v) is 43.3. The number of hydrogen-bond acceptors (Lipinski definition) is 13. The monoisotopic (exact) mass is 1060 g/mol. The topological polar surface area (TPSA) is 203 Å². The summed E-state index contributed by atoms with van der Waals surface area (Å²) in [4.78, 5) is 58.2. The van der Waals surface area contributed by atoms with Crippen LogP contribution >= 0.6 is 0 Å². The molecule has 3 N–H and O–H groups in total. The normalized spacial score (nSPS) is 18.0. The maximum absolute atomic E-state index is 16.2. The Morgan fingerprint density at radius 1 is 0.757 bits per heavy atom. The van der Waals surface area contributed by atoms with E-state index >= 15 is 4.39 Å². The summed E-state index contributed by atoms with van der Waals surface area (Å²) in [5.74, 6) is -2.90. The van der Waals surface area contributed by atoms with Crippen molar-refractivity contribution < 1.29 is 74.6 Å². The number of benzene rings is 1. The Morgan fingerprint density at radius 2 is 1.28 bits per heavy atom. The standard InChI is InChI=1S/C51H77F4N7O12/c1-5-62-42(14-17-56-62)46(63)58-45(43(36-6-7-36)37-8-9-37)47(64)57-41-13-10-38(34-40(41)52)35(2)44(59-49(66)60(3)39-11-12-39)48(65)61-18-15-50(16-19-61,51(53,54)55)74-33-32-73-31-30-72-29-28-71-27-26-70-25-24-69-23-22-68-21-20-67-4/h10,13-14,17,34-37,39,43-45H,5-9,11-12,15-16,18-33H2,1-4H3,(H,57,64)(H,58,63)(H,59,66)/t35-,44+,45-/m0/s1. The number of nitrogens with one attached hydrogen (secondary N) is 3. The van der Waals surface area contributed by atoms with Crippen LogP contribution in [0.15, 0.2) is 30.5 Å². The molecule has 19 nitrogen and oxygen atoms in total. The van der Waals surface area contributed by atoms with E-state index in [4.69, 9.17) is 37.9 Å². The van der Waals surface area contributed by atoms with Crippen LogP contribution in [0.5, 0.6) is 0 Å². The molecule has 0 bridgehead atoms. The van der Waals surface area contributed by atoms with Crippen molar-refractivity contribution in [1.29, 1.82) is 0 Å². The van der Waals surface area contributed by atoms with E-state index in [1.54, 1.807) is 27.1 Å². The highest BCUT2D eigenvalue weighted by Gasteiger charge is 2.58. The van der Waals surface area contributed by atoms with E-state index in [1.165, 1.54) is 38.9 Å². The Bertz CT molecular complexity index is 2050. The van der Waals surface area contributed by atoms with Crippen LogP contribution < -0.4 is 16.0 Å². The van der Waals surface area contributed by atoms with Crippen molar-refractivity contribution >= 4 is 29.4 Å². The molecule has 3 saturated carbocycles. The second kappa shape index (κ2) is 29.1. The summed E-state index contributed by atoms with van der Waals surface area (Å²) in [6.07, 6.45) is 0.972. The van der Waals surface area contributed by atoms with Gasteiger partial charge in [-0.1, -0.05) is 13.0 Å². The number of anilines is 1. The first-order chi connectivity index (χ1) is 35.7. The predicted molar refractivity (Wildman–Crippen MR) is 262 cm³/mol. The first-order valence-corrected chi connectivity index (χ1v) is 26.1. The fourth-order valence-corrected chi connectivity index (χ4v) is 9.24. The van der Waals surface area contributed by atoms with Crippen LogP contribution in [-0.2, 0) is 54.0 Å². The van der Waals surface area contributed by atoms with Crippen molar-refractivity contribution in [3.8, 4) is 0 Å². The molecule has 1 aliphatic heterocycles. The number of methoxy groups -OCH3 is 1. The van der Waals surface area contributed by atoms with Gasteiger partial charge in [0.05, 0.1) is 98.2 Å². The maximum Gasteiger partial charge on any atom is 0.417 e. The third-order valence-electron chi connectivity index (χ3n) is 14.1. The van der Waals surface area contributed by atoms with Gasteiger partial charge in [-0.05, 0) is 87.0 Å². The zero-order valence-electron chi connectivity index (χ0n) is 43.3. The molecule has 74 heavy (non-hydrogen) atoms. The third kappa shape index (κ3) is 17.5. The lowest BCUT2D eigenvalue weighted by atomic mass is 9.87. The highest BCUT2D eigenvalue weighted by atomic mass is 19.4. The van der Waals surface area contributed by atoms with Crippen LogP contribution in [0.3, 0.4) is 0 Å². The van der Waals surface area contributed by atoms with Crippen LogP contribution in [0.4, 0.5) is 28.0 Å². The highest BCUT2D eigenvalue weighted by molar-refractivity contribution is 6.01. The average Bonchev–Trinajstić information content (AvgIpc) is 4.27. The third-order valence-corrected chi connectivity index (χ3v) is 14.1. The number of rotatable bonds is 35. The molecule has 23 heteroatoms. The molecule has 1 aromatic carbocycles. The van der Waals surface area contributed by atoms with Crippen molar-refractivity contribution in [1.82, 2.24) is 30.2 Å². The number of likely N-dealkylation sites (tertiary alicyclic amines) is 1. The summed E-state index contributed by atoms with van der Waals surface area (Å²) in [5.41, 5.74) is -2.06. The van der Waals surface area contributed by atoms with Crippen LogP contribution in [0.25, 0.3) is 0 Å². The van der Waals surface area contributed by atoms with E-state index < -0.39 is 72.2 Å². The summed E-state index contributed by atoms with van der Waals surface area (Å²) >= 11 is 0. The van der Waals surface area contributed by atoms with Gasteiger partial charge >= 0.3 is 12.2 Å². The molecule has 5 amide bonds. The summed E-state index contributed by atoms with van der Waals surface area (Å²) < 4.78 is 105. The number of piperidine rings is 1. The number of aromatic nitrogens is 2. The second-order valence-corrected chi connectivity index (χ2v) is 19.4. The summed E-state index contributed by atoms with van der Waals surface area (Å²) in [6.45, 7) is 7.42. The van der Waals surface area contributed by atoms with Gasteiger partial charge in [0.15, 0.2) is 5.60 Å². The highest BCUT2D eigenvalue weighted by Crippen LogP contribution is 2.51. The Hall–Kier alpha value is -4.49. The number of ether oxygens (including phenoxy) is 8. The lowest BCUT2D eigenvalue weighted by molar-refractivity contribution is -0.292. The number of amides is 5. The second-order valence-electron chi connectivity index (χ2n) is 19.4. The van der Waals surface area contributed by atoms with E-state index in [0.717, 1.165) is 38.5 Å². The van der Waals surface area contributed by atoms with Crippen molar-refractivity contribution in [2.75, 3.05) is 125 Å². The van der Waals surface area contributed by atoms with Crippen LogP contribution in [0.1, 0.15) is 87.2 Å². The van der Waals surface area contributed by atoms with Crippen molar-refractivity contribution in [2.24, 2.45) is 17.8 Å². The maximum atomic E-state index is 16.2. The van der Waals surface area contributed by atoms with Gasteiger partial charge in [0, 0.05) is 64.8 Å². The largest absolute Gasteiger partial charge is 0.417 e. The molecular formula is C51H77F4N7O12. The van der Waals surface area contributed by atoms with E-state index in [-0.39, 0.29) is 69.0 Å². The summed E-state index contributed by atoms with van der Waals surface area (Å²) in [7, 11) is 3.22. The number of aryl methyl sites for hydroxylation is 1. The van der Waals surface area contributed by atoms with Gasteiger partial charge in [-0.25, -0.2) is 9.18 Å². The van der Waals surface area contributed by atoms with E-state index in [2.05, 4.69) is 21.0 Å². The van der Waals surface area contributed by atoms with Crippen molar-refractivity contribution in [2.45, 2.75) is 108 Å². The molecule has 3 aliphatic carbocycles. The number of urea groups is 1. The van der Waals surface area contributed by atoms with Crippen molar-refractivity contribution in [3.05, 3.63) is 47.5 Å².